The van der Waals surface area contributed by atoms with Crippen LogP contribution in [0, 0.1) is 0 Å². The van der Waals surface area contributed by atoms with Gasteiger partial charge in [-0.25, -0.2) is 4.79 Å². The summed E-state index contributed by atoms with van der Waals surface area (Å²) in [5.41, 5.74) is 1.94. The topological polar surface area (TPSA) is 54.4 Å². The fourth-order valence-corrected chi connectivity index (χ4v) is 3.05. The summed E-state index contributed by atoms with van der Waals surface area (Å²) < 4.78 is 11.7. The molecule has 0 spiro atoms. The molecule has 0 bridgehead atoms. The van der Waals surface area contributed by atoms with E-state index >= 15 is 0 Å². The normalized spacial score (nSPS) is 12.4. The molecule has 0 aliphatic heterocycles. The summed E-state index contributed by atoms with van der Waals surface area (Å²) in [5, 5.41) is 9.07. The van der Waals surface area contributed by atoms with Crippen molar-refractivity contribution in [1.29, 1.82) is 0 Å². The standard InChI is InChI=1S/C12H16O3S/c1-4-8-6-7-10(12(13)14)9(5-2)11(8)16(3)15/h6-7H,4-5H2,1-3H3,(H,13,14)/t16-/m1/s1. The molecule has 4 heteroatoms. The number of hydrogen-bond acceptors (Lipinski definition) is 2. The number of aromatic carboxylic acids is 1. The molecular weight excluding hydrogens is 224 g/mol. The summed E-state index contributed by atoms with van der Waals surface area (Å²) in [6.45, 7) is 3.86. The second kappa shape index (κ2) is 5.25. The quantitative estimate of drug-likeness (QED) is 0.878. The molecule has 0 saturated heterocycles. The van der Waals surface area contributed by atoms with E-state index in [2.05, 4.69) is 0 Å². The van der Waals surface area contributed by atoms with Gasteiger partial charge in [0.2, 0.25) is 0 Å². The zero-order valence-electron chi connectivity index (χ0n) is 9.74. The number of benzene rings is 1. The minimum atomic E-state index is -1.14. The van der Waals surface area contributed by atoms with E-state index in [-0.39, 0.29) is 5.56 Å². The molecule has 1 aromatic carbocycles. The average molecular weight is 240 g/mol. The lowest BCUT2D eigenvalue weighted by Gasteiger charge is -2.13. The highest BCUT2D eigenvalue weighted by Crippen LogP contribution is 2.24. The highest BCUT2D eigenvalue weighted by atomic mass is 32.2. The molecule has 1 atom stereocenters. The fraction of sp³-hybridized carbons (Fsp3) is 0.417. The van der Waals surface area contributed by atoms with Gasteiger partial charge in [-0.1, -0.05) is 19.9 Å². The molecule has 88 valence electrons. The van der Waals surface area contributed by atoms with E-state index in [1.165, 1.54) is 0 Å². The van der Waals surface area contributed by atoms with Gasteiger partial charge < -0.3 is 5.11 Å². The average Bonchev–Trinajstić information content (AvgIpc) is 2.26. The van der Waals surface area contributed by atoms with Crippen LogP contribution >= 0.6 is 0 Å². The van der Waals surface area contributed by atoms with Crippen molar-refractivity contribution in [2.24, 2.45) is 0 Å². The first-order valence-corrected chi connectivity index (χ1v) is 6.80. The second-order valence-corrected chi connectivity index (χ2v) is 4.86. The first-order valence-electron chi connectivity index (χ1n) is 5.24. The third-order valence-corrected chi connectivity index (χ3v) is 3.68. The van der Waals surface area contributed by atoms with Crippen molar-refractivity contribution in [3.8, 4) is 0 Å². The number of carboxylic acid groups (broad SMARTS) is 1. The van der Waals surface area contributed by atoms with Gasteiger partial charge in [-0.15, -0.1) is 0 Å². The Balaban J connectivity index is 3.56. The van der Waals surface area contributed by atoms with Crippen molar-refractivity contribution in [2.75, 3.05) is 6.26 Å². The fourth-order valence-electron chi connectivity index (χ4n) is 1.86. The van der Waals surface area contributed by atoms with Gasteiger partial charge in [0.1, 0.15) is 0 Å². The van der Waals surface area contributed by atoms with Gasteiger partial charge in [0.25, 0.3) is 0 Å². The summed E-state index contributed by atoms with van der Waals surface area (Å²) >= 11 is 0. The predicted molar refractivity (Wildman–Crippen MR) is 64.5 cm³/mol. The number of hydrogen-bond donors (Lipinski definition) is 1. The Morgan fingerprint density at radius 1 is 1.31 bits per heavy atom. The third-order valence-electron chi connectivity index (χ3n) is 2.59. The minimum absolute atomic E-state index is 0.268. The maximum atomic E-state index is 11.7. The summed E-state index contributed by atoms with van der Waals surface area (Å²) in [4.78, 5) is 11.8. The van der Waals surface area contributed by atoms with Crippen molar-refractivity contribution in [2.45, 2.75) is 31.6 Å². The van der Waals surface area contributed by atoms with Gasteiger partial charge in [-0.3, -0.25) is 4.21 Å². The van der Waals surface area contributed by atoms with Crippen LogP contribution < -0.4 is 0 Å². The monoisotopic (exact) mass is 240 g/mol. The van der Waals surface area contributed by atoms with Gasteiger partial charge in [0.05, 0.1) is 16.4 Å². The molecular formula is C12H16O3S. The summed E-state index contributed by atoms with van der Waals surface area (Å²) in [6, 6.07) is 3.37. The number of rotatable bonds is 4. The van der Waals surface area contributed by atoms with Crippen LogP contribution in [0.25, 0.3) is 0 Å². The molecule has 0 saturated carbocycles. The zero-order valence-corrected chi connectivity index (χ0v) is 10.6. The highest BCUT2D eigenvalue weighted by molar-refractivity contribution is 7.84. The van der Waals surface area contributed by atoms with E-state index in [1.807, 2.05) is 13.8 Å². The molecule has 3 nitrogen and oxygen atoms in total. The zero-order chi connectivity index (χ0) is 12.3. The van der Waals surface area contributed by atoms with Crippen LogP contribution in [0.2, 0.25) is 0 Å². The predicted octanol–water partition coefficient (Wildman–Crippen LogP) is 2.25. The smallest absolute Gasteiger partial charge is 0.336 e. The molecule has 0 radical (unpaired) electrons. The van der Waals surface area contributed by atoms with Crippen molar-refractivity contribution in [1.82, 2.24) is 0 Å². The van der Waals surface area contributed by atoms with Crippen LogP contribution in [0.3, 0.4) is 0 Å². The lowest BCUT2D eigenvalue weighted by molar-refractivity contribution is 0.0695. The molecule has 1 aromatic rings. The van der Waals surface area contributed by atoms with Crippen LogP contribution in [0.4, 0.5) is 0 Å². The molecule has 0 aliphatic rings. The Bertz CT molecular complexity index is 438. The molecule has 0 fully saturated rings. The Labute approximate surface area is 98.0 Å². The molecule has 0 heterocycles. The van der Waals surface area contributed by atoms with E-state index in [4.69, 9.17) is 5.11 Å². The van der Waals surface area contributed by atoms with Gasteiger partial charge in [0, 0.05) is 11.2 Å². The van der Waals surface area contributed by atoms with Crippen molar-refractivity contribution in [3.63, 3.8) is 0 Å². The third kappa shape index (κ3) is 2.32. The molecule has 0 unspecified atom stereocenters. The van der Waals surface area contributed by atoms with Crippen LogP contribution in [-0.4, -0.2) is 21.5 Å². The summed E-state index contributed by atoms with van der Waals surface area (Å²) in [5.74, 6) is -0.953. The van der Waals surface area contributed by atoms with Crippen molar-refractivity contribution < 1.29 is 14.1 Å². The van der Waals surface area contributed by atoms with Crippen molar-refractivity contribution in [3.05, 3.63) is 28.8 Å². The molecule has 16 heavy (non-hydrogen) atoms. The number of carboxylic acids is 1. The van der Waals surface area contributed by atoms with Gasteiger partial charge >= 0.3 is 5.97 Å². The minimum Gasteiger partial charge on any atom is -0.478 e. The lowest BCUT2D eigenvalue weighted by Crippen LogP contribution is -2.08. The maximum Gasteiger partial charge on any atom is 0.336 e. The largest absolute Gasteiger partial charge is 0.478 e. The Kier molecular flexibility index (Phi) is 4.24. The Morgan fingerprint density at radius 2 is 1.94 bits per heavy atom. The van der Waals surface area contributed by atoms with E-state index in [0.29, 0.717) is 16.9 Å². The van der Waals surface area contributed by atoms with Crippen molar-refractivity contribution >= 4 is 16.8 Å². The van der Waals surface area contributed by atoms with Crippen LogP contribution in [0.15, 0.2) is 17.0 Å². The SMILES string of the molecule is CCc1ccc(C(=O)O)c(CC)c1[S@@](C)=O. The number of aryl methyl sites for hydroxylation is 1. The second-order valence-electron chi connectivity index (χ2n) is 3.55. The van der Waals surface area contributed by atoms with E-state index in [9.17, 15) is 9.00 Å². The maximum absolute atomic E-state index is 11.7. The highest BCUT2D eigenvalue weighted by Gasteiger charge is 2.17. The molecule has 1 rings (SSSR count). The molecule has 1 N–H and O–H groups in total. The summed E-state index contributed by atoms with van der Waals surface area (Å²) in [7, 11) is -1.14. The molecule has 0 amide bonds. The first-order chi connectivity index (χ1) is 7.52. The van der Waals surface area contributed by atoms with Gasteiger partial charge in [-0.05, 0) is 30.0 Å². The van der Waals surface area contributed by atoms with Crippen LogP contribution in [0.5, 0.6) is 0 Å². The van der Waals surface area contributed by atoms with Gasteiger partial charge in [0.15, 0.2) is 0 Å². The van der Waals surface area contributed by atoms with Crippen LogP contribution in [0.1, 0.15) is 35.3 Å². The van der Waals surface area contributed by atoms with Crippen LogP contribution in [-0.2, 0) is 23.6 Å². The Morgan fingerprint density at radius 3 is 2.31 bits per heavy atom. The van der Waals surface area contributed by atoms with Gasteiger partial charge in [-0.2, -0.15) is 0 Å². The van der Waals surface area contributed by atoms with E-state index in [1.54, 1.807) is 18.4 Å². The Hall–Kier alpha value is -1.16. The van der Waals surface area contributed by atoms with E-state index in [0.717, 1.165) is 12.0 Å². The molecule has 0 aliphatic carbocycles. The molecule has 0 aromatic heterocycles. The first kappa shape index (κ1) is 12.9. The number of carbonyl (C=O) groups is 1. The summed E-state index contributed by atoms with van der Waals surface area (Å²) in [6.07, 6.45) is 2.95. The van der Waals surface area contributed by atoms with E-state index < -0.39 is 16.8 Å². The lowest BCUT2D eigenvalue weighted by atomic mass is 10.0.